The van der Waals surface area contributed by atoms with E-state index in [4.69, 9.17) is 0 Å². The lowest BCUT2D eigenvalue weighted by Gasteiger charge is -2.51. The highest BCUT2D eigenvalue weighted by atomic mass is 15.2. The van der Waals surface area contributed by atoms with Crippen molar-refractivity contribution in [1.29, 1.82) is 0 Å². The standard InChI is InChI=1S/C14H28N2/c1-4-14(16-11-9-15-10-12-16)7-5-13(2,3)6-8-14/h15H,4-12H2,1-3H3. The smallest absolute Gasteiger partial charge is 0.0208 e. The molecule has 1 saturated heterocycles. The highest BCUT2D eigenvalue weighted by Gasteiger charge is 2.41. The van der Waals surface area contributed by atoms with Crippen molar-refractivity contribution in [3.8, 4) is 0 Å². The summed E-state index contributed by atoms with van der Waals surface area (Å²) in [6.45, 7) is 12.1. The molecule has 0 unspecified atom stereocenters. The molecule has 0 aromatic heterocycles. The molecule has 16 heavy (non-hydrogen) atoms. The fraction of sp³-hybridized carbons (Fsp3) is 1.00. The summed E-state index contributed by atoms with van der Waals surface area (Å²) < 4.78 is 0. The first kappa shape index (κ1) is 12.4. The van der Waals surface area contributed by atoms with E-state index < -0.39 is 0 Å². The van der Waals surface area contributed by atoms with E-state index in [2.05, 4.69) is 31.0 Å². The highest BCUT2D eigenvalue weighted by molar-refractivity contribution is 4.97. The molecule has 0 aromatic carbocycles. The van der Waals surface area contributed by atoms with Gasteiger partial charge in [-0.15, -0.1) is 0 Å². The molecule has 0 aromatic rings. The van der Waals surface area contributed by atoms with E-state index in [9.17, 15) is 0 Å². The molecule has 1 saturated carbocycles. The highest BCUT2D eigenvalue weighted by Crippen LogP contribution is 2.44. The van der Waals surface area contributed by atoms with Crippen molar-refractivity contribution in [3.05, 3.63) is 0 Å². The lowest BCUT2D eigenvalue weighted by atomic mass is 9.67. The predicted molar refractivity (Wildman–Crippen MR) is 69.7 cm³/mol. The van der Waals surface area contributed by atoms with E-state index in [1.165, 1.54) is 58.3 Å². The third kappa shape index (κ3) is 2.43. The second-order valence-electron chi connectivity index (χ2n) is 6.48. The molecule has 2 aliphatic rings. The molecular formula is C14H28N2. The van der Waals surface area contributed by atoms with Gasteiger partial charge < -0.3 is 5.32 Å². The lowest BCUT2D eigenvalue weighted by molar-refractivity contribution is 0.00610. The Labute approximate surface area is 101 Å². The first-order valence-electron chi connectivity index (χ1n) is 7.04. The minimum Gasteiger partial charge on any atom is -0.314 e. The van der Waals surface area contributed by atoms with E-state index >= 15 is 0 Å². The van der Waals surface area contributed by atoms with Crippen molar-refractivity contribution in [2.45, 2.75) is 58.4 Å². The summed E-state index contributed by atoms with van der Waals surface area (Å²) in [6.07, 6.45) is 6.98. The summed E-state index contributed by atoms with van der Waals surface area (Å²) in [5, 5.41) is 3.47. The molecule has 0 spiro atoms. The fourth-order valence-electron chi connectivity index (χ4n) is 3.42. The van der Waals surface area contributed by atoms with Gasteiger partial charge in [0.2, 0.25) is 0 Å². The van der Waals surface area contributed by atoms with Gasteiger partial charge in [0.25, 0.3) is 0 Å². The van der Waals surface area contributed by atoms with Crippen LogP contribution in [0.25, 0.3) is 0 Å². The maximum Gasteiger partial charge on any atom is 0.0208 e. The van der Waals surface area contributed by atoms with Gasteiger partial charge in [0.05, 0.1) is 0 Å². The summed E-state index contributed by atoms with van der Waals surface area (Å²) in [4.78, 5) is 2.78. The second kappa shape index (κ2) is 4.66. The molecule has 0 bridgehead atoms. The molecule has 0 amide bonds. The Kier molecular flexibility index (Phi) is 3.60. The predicted octanol–water partition coefficient (Wildman–Crippen LogP) is 2.64. The first-order chi connectivity index (χ1) is 7.58. The van der Waals surface area contributed by atoms with Crippen LogP contribution in [-0.2, 0) is 0 Å². The number of nitrogens with zero attached hydrogens (tertiary/aromatic N) is 1. The van der Waals surface area contributed by atoms with Crippen LogP contribution >= 0.6 is 0 Å². The average molecular weight is 224 g/mol. The zero-order chi connectivity index (χ0) is 11.6. The molecule has 2 heteroatoms. The van der Waals surface area contributed by atoms with Gasteiger partial charge in [0, 0.05) is 31.7 Å². The summed E-state index contributed by atoms with van der Waals surface area (Å²) in [7, 11) is 0. The van der Waals surface area contributed by atoms with E-state index in [-0.39, 0.29) is 0 Å². The summed E-state index contributed by atoms with van der Waals surface area (Å²) >= 11 is 0. The van der Waals surface area contributed by atoms with Crippen molar-refractivity contribution in [2.75, 3.05) is 26.2 Å². The van der Waals surface area contributed by atoms with Crippen LogP contribution in [0.3, 0.4) is 0 Å². The maximum absolute atomic E-state index is 3.47. The summed E-state index contributed by atoms with van der Waals surface area (Å²) in [6, 6.07) is 0. The Hall–Kier alpha value is -0.0800. The zero-order valence-electron chi connectivity index (χ0n) is 11.3. The molecule has 1 aliphatic heterocycles. The number of nitrogens with one attached hydrogen (secondary N) is 1. The molecule has 2 fully saturated rings. The molecule has 0 radical (unpaired) electrons. The van der Waals surface area contributed by atoms with Gasteiger partial charge in [-0.1, -0.05) is 20.8 Å². The minimum absolute atomic E-state index is 0.539. The largest absolute Gasteiger partial charge is 0.314 e. The van der Waals surface area contributed by atoms with Gasteiger partial charge in [-0.2, -0.15) is 0 Å². The van der Waals surface area contributed by atoms with Crippen LogP contribution in [0.5, 0.6) is 0 Å². The molecule has 1 heterocycles. The van der Waals surface area contributed by atoms with Crippen molar-refractivity contribution < 1.29 is 0 Å². The zero-order valence-corrected chi connectivity index (χ0v) is 11.3. The van der Waals surface area contributed by atoms with Gasteiger partial charge in [0.1, 0.15) is 0 Å². The average Bonchev–Trinajstić information content (AvgIpc) is 2.31. The Balaban J connectivity index is 2.02. The van der Waals surface area contributed by atoms with E-state index in [1.54, 1.807) is 0 Å². The molecular weight excluding hydrogens is 196 g/mol. The first-order valence-corrected chi connectivity index (χ1v) is 7.04. The normalized spacial score (nSPS) is 30.2. The van der Waals surface area contributed by atoms with Crippen molar-refractivity contribution in [3.63, 3.8) is 0 Å². The van der Waals surface area contributed by atoms with Crippen LogP contribution in [0.4, 0.5) is 0 Å². The van der Waals surface area contributed by atoms with Crippen molar-refractivity contribution in [2.24, 2.45) is 5.41 Å². The monoisotopic (exact) mass is 224 g/mol. The van der Waals surface area contributed by atoms with Crippen molar-refractivity contribution >= 4 is 0 Å². The third-order valence-electron chi connectivity index (χ3n) is 4.98. The van der Waals surface area contributed by atoms with E-state index in [1.807, 2.05) is 0 Å². The molecule has 0 atom stereocenters. The number of piperazine rings is 1. The summed E-state index contributed by atoms with van der Waals surface area (Å²) in [5.74, 6) is 0. The molecule has 2 rings (SSSR count). The number of rotatable bonds is 2. The molecule has 2 nitrogen and oxygen atoms in total. The Bertz CT molecular complexity index is 219. The lowest BCUT2D eigenvalue weighted by Crippen LogP contribution is -2.57. The molecule has 1 N–H and O–H groups in total. The van der Waals surface area contributed by atoms with Crippen LogP contribution in [0, 0.1) is 5.41 Å². The van der Waals surface area contributed by atoms with E-state index in [0.717, 1.165) is 0 Å². The Morgan fingerprint density at radius 3 is 2.06 bits per heavy atom. The minimum atomic E-state index is 0.539. The van der Waals surface area contributed by atoms with Gasteiger partial charge in [-0.25, -0.2) is 0 Å². The van der Waals surface area contributed by atoms with E-state index in [0.29, 0.717) is 11.0 Å². The van der Waals surface area contributed by atoms with Gasteiger partial charge in [-0.3, -0.25) is 4.90 Å². The van der Waals surface area contributed by atoms with Gasteiger partial charge >= 0.3 is 0 Å². The van der Waals surface area contributed by atoms with Crippen LogP contribution in [0.1, 0.15) is 52.9 Å². The van der Waals surface area contributed by atoms with Crippen LogP contribution in [0.2, 0.25) is 0 Å². The van der Waals surface area contributed by atoms with Gasteiger partial charge in [-0.05, 0) is 37.5 Å². The number of hydrogen-bond acceptors (Lipinski definition) is 2. The van der Waals surface area contributed by atoms with Crippen LogP contribution in [-0.4, -0.2) is 36.6 Å². The summed E-state index contributed by atoms with van der Waals surface area (Å²) in [5.41, 5.74) is 1.13. The maximum atomic E-state index is 3.47. The van der Waals surface area contributed by atoms with Gasteiger partial charge in [0.15, 0.2) is 0 Å². The van der Waals surface area contributed by atoms with Crippen LogP contribution < -0.4 is 5.32 Å². The SMILES string of the molecule is CCC1(N2CCNCC2)CCC(C)(C)CC1. The second-order valence-corrected chi connectivity index (χ2v) is 6.48. The third-order valence-corrected chi connectivity index (χ3v) is 4.98. The molecule has 94 valence electrons. The Morgan fingerprint density at radius 2 is 1.56 bits per heavy atom. The quantitative estimate of drug-likeness (QED) is 0.776. The molecule has 1 aliphatic carbocycles. The van der Waals surface area contributed by atoms with Crippen LogP contribution in [0.15, 0.2) is 0 Å². The Morgan fingerprint density at radius 1 is 1.00 bits per heavy atom. The van der Waals surface area contributed by atoms with Crippen molar-refractivity contribution in [1.82, 2.24) is 10.2 Å². The fourth-order valence-corrected chi connectivity index (χ4v) is 3.42. The number of hydrogen-bond donors (Lipinski definition) is 1. The topological polar surface area (TPSA) is 15.3 Å².